The Bertz CT molecular complexity index is 1080. The van der Waals surface area contributed by atoms with E-state index in [0.717, 1.165) is 35.0 Å². The highest BCUT2D eigenvalue weighted by Crippen LogP contribution is 2.33. The number of H-pyrrole nitrogens is 1. The second-order valence-corrected chi connectivity index (χ2v) is 10.2. The van der Waals surface area contributed by atoms with Gasteiger partial charge in [0.25, 0.3) is 5.56 Å². The highest BCUT2D eigenvalue weighted by molar-refractivity contribution is 7.18. The van der Waals surface area contributed by atoms with Crippen LogP contribution in [-0.2, 0) is 30.7 Å². The van der Waals surface area contributed by atoms with E-state index in [4.69, 9.17) is 9.72 Å². The lowest BCUT2D eigenvalue weighted by atomic mass is 9.97. The predicted octanol–water partition coefficient (Wildman–Crippen LogP) is 3.90. The summed E-state index contributed by atoms with van der Waals surface area (Å²) >= 11 is 1.67. The summed E-state index contributed by atoms with van der Waals surface area (Å²) in [5.74, 6) is 1.08. The second kappa shape index (κ2) is 10.7. The van der Waals surface area contributed by atoms with Crippen molar-refractivity contribution in [2.24, 2.45) is 5.92 Å². The van der Waals surface area contributed by atoms with Crippen molar-refractivity contribution in [1.29, 1.82) is 0 Å². The van der Waals surface area contributed by atoms with Crippen molar-refractivity contribution >= 4 is 21.6 Å². The van der Waals surface area contributed by atoms with Crippen molar-refractivity contribution in [3.8, 4) is 0 Å². The molecule has 3 aromatic rings. The topological polar surface area (TPSA) is 78.5 Å². The second-order valence-electron chi connectivity index (χ2n) is 9.14. The number of aromatic amines is 1. The zero-order valence-electron chi connectivity index (χ0n) is 19.0. The first-order chi connectivity index (χ1) is 15.5. The van der Waals surface area contributed by atoms with E-state index in [1.54, 1.807) is 11.3 Å². The first kappa shape index (κ1) is 23.1. The lowest BCUT2D eigenvalue weighted by Crippen LogP contribution is -2.35. The lowest BCUT2D eigenvalue weighted by Gasteiger charge is -2.25. The monoisotopic (exact) mass is 455 g/mol. The molecule has 172 valence electrons. The van der Waals surface area contributed by atoms with Crippen LogP contribution >= 0.6 is 11.3 Å². The molecule has 1 aliphatic rings. The average molecular weight is 456 g/mol. The van der Waals surface area contributed by atoms with Crippen LogP contribution in [0.4, 0.5) is 0 Å². The maximum absolute atomic E-state index is 12.9. The van der Waals surface area contributed by atoms with Gasteiger partial charge in [0, 0.05) is 24.6 Å². The number of hydrogen-bond acceptors (Lipinski definition) is 6. The molecule has 0 amide bonds. The lowest BCUT2D eigenvalue weighted by molar-refractivity contribution is 0.00517. The van der Waals surface area contributed by atoms with Crippen molar-refractivity contribution in [2.75, 3.05) is 19.8 Å². The predicted molar refractivity (Wildman–Crippen MR) is 129 cm³/mol. The van der Waals surface area contributed by atoms with Gasteiger partial charge in [-0.3, -0.25) is 9.69 Å². The number of fused-ring (bicyclic) bond motifs is 3. The van der Waals surface area contributed by atoms with Gasteiger partial charge in [0.05, 0.1) is 24.6 Å². The Labute approximate surface area is 193 Å². The Morgan fingerprint density at radius 1 is 1.16 bits per heavy atom. The largest absolute Gasteiger partial charge is 0.389 e. The van der Waals surface area contributed by atoms with Gasteiger partial charge in [-0.15, -0.1) is 11.3 Å². The third kappa shape index (κ3) is 5.84. The summed E-state index contributed by atoms with van der Waals surface area (Å²) in [6.45, 7) is 6.67. The van der Waals surface area contributed by atoms with Crippen LogP contribution in [0.25, 0.3) is 10.2 Å². The highest BCUT2D eigenvalue weighted by Gasteiger charge is 2.21. The molecule has 0 radical (unpaired) electrons. The molecule has 0 saturated carbocycles. The molecule has 0 bridgehead atoms. The number of aryl methyl sites for hydroxylation is 2. The zero-order valence-corrected chi connectivity index (χ0v) is 19.8. The highest BCUT2D eigenvalue weighted by atomic mass is 32.1. The Kier molecular flexibility index (Phi) is 7.73. The molecule has 0 aliphatic heterocycles. The molecule has 0 fully saturated rings. The quantitative estimate of drug-likeness (QED) is 0.485. The Morgan fingerprint density at radius 2 is 1.94 bits per heavy atom. The van der Waals surface area contributed by atoms with E-state index in [9.17, 15) is 9.90 Å². The van der Waals surface area contributed by atoms with Crippen molar-refractivity contribution in [2.45, 2.75) is 58.7 Å². The first-order valence-corrected chi connectivity index (χ1v) is 12.4. The number of ether oxygens (including phenoxy) is 1. The van der Waals surface area contributed by atoms with Crippen LogP contribution in [0, 0.1) is 5.92 Å². The molecule has 1 aromatic carbocycles. The van der Waals surface area contributed by atoms with Crippen LogP contribution in [0.2, 0.25) is 0 Å². The van der Waals surface area contributed by atoms with Crippen molar-refractivity contribution in [3.63, 3.8) is 0 Å². The van der Waals surface area contributed by atoms with Crippen LogP contribution in [0.15, 0.2) is 35.1 Å². The van der Waals surface area contributed by atoms with Gasteiger partial charge >= 0.3 is 0 Å². The van der Waals surface area contributed by atoms with Gasteiger partial charge in [0.15, 0.2) is 0 Å². The van der Waals surface area contributed by atoms with E-state index in [0.29, 0.717) is 44.6 Å². The van der Waals surface area contributed by atoms with Gasteiger partial charge in [-0.1, -0.05) is 44.2 Å². The number of thiophene rings is 1. The van der Waals surface area contributed by atoms with Crippen molar-refractivity contribution in [1.82, 2.24) is 14.9 Å². The average Bonchev–Trinajstić information content (AvgIpc) is 3.13. The summed E-state index contributed by atoms with van der Waals surface area (Å²) in [6.07, 6.45) is 3.74. The van der Waals surface area contributed by atoms with Gasteiger partial charge in [-0.05, 0) is 42.7 Å². The van der Waals surface area contributed by atoms with Gasteiger partial charge in [-0.25, -0.2) is 4.98 Å². The molecule has 2 N–H and O–H groups in total. The molecule has 2 heterocycles. The first-order valence-electron chi connectivity index (χ1n) is 11.5. The maximum Gasteiger partial charge on any atom is 0.259 e. The van der Waals surface area contributed by atoms with E-state index in [1.807, 2.05) is 18.2 Å². The van der Waals surface area contributed by atoms with Crippen LogP contribution in [0.1, 0.15) is 48.5 Å². The molecule has 1 aliphatic carbocycles. The van der Waals surface area contributed by atoms with Crippen LogP contribution in [-0.4, -0.2) is 45.8 Å². The van der Waals surface area contributed by atoms with E-state index in [2.05, 4.69) is 35.9 Å². The SMILES string of the molecule is CC(C)COC[C@@H](O)CN(Cc1ccccc1)Cc1nc2sc3c(c2c(=O)[nH]1)CCCC3. The number of aliphatic hydroxyl groups excluding tert-OH is 1. The van der Waals surface area contributed by atoms with Crippen LogP contribution < -0.4 is 5.56 Å². The number of hydrogen-bond donors (Lipinski definition) is 2. The fraction of sp³-hybridized carbons (Fsp3) is 0.520. The number of nitrogens with zero attached hydrogens (tertiary/aromatic N) is 2. The Morgan fingerprint density at radius 3 is 2.72 bits per heavy atom. The normalized spacial score (nSPS) is 14.9. The number of nitrogens with one attached hydrogen (secondary N) is 1. The maximum atomic E-state index is 12.9. The van der Waals surface area contributed by atoms with E-state index < -0.39 is 6.10 Å². The summed E-state index contributed by atoms with van der Waals surface area (Å²) in [5.41, 5.74) is 2.32. The van der Waals surface area contributed by atoms with Gasteiger partial charge in [0.1, 0.15) is 10.7 Å². The smallest absolute Gasteiger partial charge is 0.259 e. The fourth-order valence-electron chi connectivity index (χ4n) is 4.31. The minimum Gasteiger partial charge on any atom is -0.389 e. The molecule has 0 unspecified atom stereocenters. The summed E-state index contributed by atoms with van der Waals surface area (Å²) < 4.78 is 5.63. The third-order valence-electron chi connectivity index (χ3n) is 5.73. The molecule has 7 heteroatoms. The number of aromatic nitrogens is 2. The molecular formula is C25H33N3O3S. The van der Waals surface area contributed by atoms with Gasteiger partial charge in [-0.2, -0.15) is 0 Å². The molecule has 0 spiro atoms. The standard InChI is InChI=1S/C25H33N3O3S/c1-17(2)15-31-16-19(29)13-28(12-18-8-4-3-5-9-18)14-22-26-24(30)23-20-10-6-7-11-21(20)32-25(23)27-22/h3-5,8-9,17,19,29H,6-7,10-16H2,1-2H3,(H,26,27,30)/t19-/m0/s1. The zero-order chi connectivity index (χ0) is 22.5. The van der Waals surface area contributed by atoms with Gasteiger partial charge in [0.2, 0.25) is 0 Å². The molecule has 2 aromatic heterocycles. The molecule has 32 heavy (non-hydrogen) atoms. The minimum absolute atomic E-state index is 0.0372. The Balaban J connectivity index is 1.53. The Hall–Kier alpha value is -2.06. The van der Waals surface area contributed by atoms with Crippen LogP contribution in [0.5, 0.6) is 0 Å². The number of benzene rings is 1. The molecule has 0 saturated heterocycles. The fourth-order valence-corrected chi connectivity index (χ4v) is 5.59. The minimum atomic E-state index is -0.609. The van der Waals surface area contributed by atoms with Crippen molar-refractivity contribution in [3.05, 3.63) is 62.5 Å². The summed E-state index contributed by atoms with van der Waals surface area (Å²) in [5, 5.41) is 11.4. The molecule has 1 atom stereocenters. The number of rotatable bonds is 10. The number of aliphatic hydroxyl groups is 1. The molecule has 6 nitrogen and oxygen atoms in total. The summed E-state index contributed by atoms with van der Waals surface area (Å²) in [6, 6.07) is 10.2. The van der Waals surface area contributed by atoms with Crippen molar-refractivity contribution < 1.29 is 9.84 Å². The van der Waals surface area contributed by atoms with E-state index in [-0.39, 0.29) is 5.56 Å². The van der Waals surface area contributed by atoms with Crippen LogP contribution in [0.3, 0.4) is 0 Å². The molecule has 4 rings (SSSR count). The third-order valence-corrected chi connectivity index (χ3v) is 6.91. The van der Waals surface area contributed by atoms with E-state index >= 15 is 0 Å². The van der Waals surface area contributed by atoms with E-state index in [1.165, 1.54) is 16.9 Å². The van der Waals surface area contributed by atoms with Gasteiger partial charge < -0.3 is 14.8 Å². The summed E-state index contributed by atoms with van der Waals surface area (Å²) in [4.78, 5) is 25.1. The summed E-state index contributed by atoms with van der Waals surface area (Å²) in [7, 11) is 0. The molecular weight excluding hydrogens is 422 g/mol.